The van der Waals surface area contributed by atoms with E-state index in [-0.39, 0.29) is 12.0 Å². The van der Waals surface area contributed by atoms with Crippen LogP contribution in [0, 0.1) is 5.41 Å². The molecule has 6 nitrogen and oxygen atoms in total. The van der Waals surface area contributed by atoms with Gasteiger partial charge < -0.3 is 20.4 Å². The molecular weight excluding hydrogens is 348 g/mol. The van der Waals surface area contributed by atoms with E-state index in [2.05, 4.69) is 0 Å². The fraction of sp³-hybridized carbons (Fsp3) is 0.333. The standard InChI is InChI=1S/2C7H6O2.C7H16O2/c2*8-7(9)6-4-2-1-3-5-6;1-6(2,3)7(4,9)5-8/h2*1-5H,(H,8,9);8-9H,5H2,1-4H3. The van der Waals surface area contributed by atoms with Gasteiger partial charge in [0.15, 0.2) is 0 Å². The number of carboxylic acid groups (broad SMARTS) is 2. The predicted octanol–water partition coefficient (Wildman–Crippen LogP) is 3.55. The molecule has 0 saturated carbocycles. The Morgan fingerprint density at radius 1 is 0.741 bits per heavy atom. The molecule has 1 unspecified atom stereocenters. The highest BCUT2D eigenvalue weighted by Crippen LogP contribution is 2.28. The second-order valence-electron chi connectivity index (χ2n) is 7.02. The molecule has 0 aliphatic carbocycles. The van der Waals surface area contributed by atoms with Gasteiger partial charge in [0.1, 0.15) is 0 Å². The maximum Gasteiger partial charge on any atom is 0.335 e. The topological polar surface area (TPSA) is 115 Å². The average Bonchev–Trinajstić information content (AvgIpc) is 2.63. The summed E-state index contributed by atoms with van der Waals surface area (Å²) in [6.45, 7) is 7.12. The van der Waals surface area contributed by atoms with Gasteiger partial charge in [0.25, 0.3) is 0 Å². The summed E-state index contributed by atoms with van der Waals surface area (Å²) in [4.78, 5) is 20.4. The lowest BCUT2D eigenvalue weighted by molar-refractivity contribution is -0.0794. The molecule has 0 bridgehead atoms. The van der Waals surface area contributed by atoms with Crippen molar-refractivity contribution in [3.05, 3.63) is 71.8 Å². The number of aliphatic hydroxyl groups is 2. The summed E-state index contributed by atoms with van der Waals surface area (Å²) in [6, 6.07) is 16.6. The summed E-state index contributed by atoms with van der Waals surface area (Å²) < 4.78 is 0. The highest BCUT2D eigenvalue weighted by Gasteiger charge is 2.34. The van der Waals surface area contributed by atoms with E-state index >= 15 is 0 Å². The molecule has 0 aliphatic rings. The van der Waals surface area contributed by atoms with Crippen molar-refractivity contribution >= 4 is 11.9 Å². The van der Waals surface area contributed by atoms with Crippen molar-refractivity contribution in [1.82, 2.24) is 0 Å². The molecule has 2 rings (SSSR count). The highest BCUT2D eigenvalue weighted by atomic mass is 16.4. The molecule has 0 spiro atoms. The molecule has 0 aromatic heterocycles. The minimum Gasteiger partial charge on any atom is -0.478 e. The smallest absolute Gasteiger partial charge is 0.335 e. The Bertz CT molecular complexity index is 638. The van der Waals surface area contributed by atoms with Gasteiger partial charge in [-0.15, -0.1) is 0 Å². The van der Waals surface area contributed by atoms with Gasteiger partial charge in [0, 0.05) is 0 Å². The zero-order valence-electron chi connectivity index (χ0n) is 16.1. The first-order valence-corrected chi connectivity index (χ1v) is 8.32. The Morgan fingerprint density at radius 3 is 1.15 bits per heavy atom. The van der Waals surface area contributed by atoms with Gasteiger partial charge in [-0.05, 0) is 36.6 Å². The Hall–Kier alpha value is -2.70. The number of carbonyl (C=O) groups is 2. The highest BCUT2D eigenvalue weighted by molar-refractivity contribution is 5.87. The first kappa shape index (κ1) is 24.3. The molecule has 0 aliphatic heterocycles. The first-order valence-electron chi connectivity index (χ1n) is 8.32. The van der Waals surface area contributed by atoms with Crippen LogP contribution < -0.4 is 0 Å². The van der Waals surface area contributed by atoms with Crippen molar-refractivity contribution in [1.29, 1.82) is 0 Å². The zero-order chi connectivity index (χ0) is 21.1. The molecule has 2 aromatic carbocycles. The Balaban J connectivity index is 0.000000376. The molecule has 0 fully saturated rings. The van der Waals surface area contributed by atoms with E-state index in [1.807, 2.05) is 20.8 Å². The second kappa shape index (κ2) is 11.1. The molecule has 148 valence electrons. The van der Waals surface area contributed by atoms with Crippen molar-refractivity contribution in [3.63, 3.8) is 0 Å². The lowest BCUT2D eigenvalue weighted by Crippen LogP contribution is -2.42. The molecular formula is C21H28O6. The molecule has 0 amide bonds. The van der Waals surface area contributed by atoms with E-state index in [9.17, 15) is 14.7 Å². The summed E-state index contributed by atoms with van der Waals surface area (Å²) >= 11 is 0. The van der Waals surface area contributed by atoms with E-state index in [0.717, 1.165) is 0 Å². The Morgan fingerprint density at radius 2 is 1.04 bits per heavy atom. The molecule has 4 N–H and O–H groups in total. The van der Waals surface area contributed by atoms with Gasteiger partial charge in [0.2, 0.25) is 0 Å². The van der Waals surface area contributed by atoms with Gasteiger partial charge in [0.05, 0.1) is 23.3 Å². The van der Waals surface area contributed by atoms with Crippen molar-refractivity contribution in [2.24, 2.45) is 5.41 Å². The van der Waals surface area contributed by atoms with Crippen LogP contribution in [0.1, 0.15) is 48.4 Å². The average molecular weight is 376 g/mol. The van der Waals surface area contributed by atoms with E-state index in [4.69, 9.17) is 15.3 Å². The summed E-state index contributed by atoms with van der Waals surface area (Å²) in [5, 5.41) is 34.9. The van der Waals surface area contributed by atoms with Crippen LogP contribution in [0.2, 0.25) is 0 Å². The second-order valence-corrected chi connectivity index (χ2v) is 7.02. The normalized spacial score (nSPS) is 12.4. The number of benzene rings is 2. The lowest BCUT2D eigenvalue weighted by Gasteiger charge is -2.35. The van der Waals surface area contributed by atoms with Gasteiger partial charge in [-0.3, -0.25) is 0 Å². The summed E-state index contributed by atoms with van der Waals surface area (Å²) in [6.07, 6.45) is 0. The van der Waals surface area contributed by atoms with Crippen LogP contribution in [-0.2, 0) is 0 Å². The fourth-order valence-corrected chi connectivity index (χ4v) is 1.40. The van der Waals surface area contributed by atoms with Crippen LogP contribution in [0.4, 0.5) is 0 Å². The van der Waals surface area contributed by atoms with E-state index in [0.29, 0.717) is 11.1 Å². The van der Waals surface area contributed by atoms with Crippen LogP contribution in [0.25, 0.3) is 0 Å². The van der Waals surface area contributed by atoms with Crippen molar-refractivity contribution in [2.75, 3.05) is 6.61 Å². The van der Waals surface area contributed by atoms with Gasteiger partial charge >= 0.3 is 11.9 Å². The monoisotopic (exact) mass is 376 g/mol. The third-order valence-corrected chi connectivity index (χ3v) is 3.97. The maximum absolute atomic E-state index is 10.2. The number of aliphatic hydroxyl groups excluding tert-OH is 1. The minimum absolute atomic E-state index is 0.184. The quantitative estimate of drug-likeness (QED) is 0.651. The molecule has 0 saturated heterocycles. The third-order valence-electron chi connectivity index (χ3n) is 3.97. The van der Waals surface area contributed by atoms with Crippen LogP contribution in [0.3, 0.4) is 0 Å². The summed E-state index contributed by atoms with van der Waals surface area (Å²) in [5.74, 6) is -1.76. The van der Waals surface area contributed by atoms with Crippen molar-refractivity contribution in [2.45, 2.75) is 33.3 Å². The minimum atomic E-state index is -0.965. The fourth-order valence-electron chi connectivity index (χ4n) is 1.40. The summed E-state index contributed by atoms with van der Waals surface area (Å²) in [7, 11) is 0. The zero-order valence-corrected chi connectivity index (χ0v) is 16.1. The van der Waals surface area contributed by atoms with E-state index in [1.165, 1.54) is 0 Å². The molecule has 27 heavy (non-hydrogen) atoms. The van der Waals surface area contributed by atoms with Crippen molar-refractivity contribution < 1.29 is 30.0 Å². The van der Waals surface area contributed by atoms with Gasteiger partial charge in [-0.25, -0.2) is 9.59 Å². The molecule has 2 aromatic rings. The molecule has 0 radical (unpaired) electrons. The Labute approximate surface area is 159 Å². The van der Waals surface area contributed by atoms with E-state index in [1.54, 1.807) is 67.6 Å². The number of carboxylic acids is 2. The van der Waals surface area contributed by atoms with Crippen molar-refractivity contribution in [3.8, 4) is 0 Å². The Kier molecular flexibility index (Phi) is 10.00. The first-order chi connectivity index (χ1) is 12.4. The van der Waals surface area contributed by atoms with Gasteiger partial charge in [-0.1, -0.05) is 57.2 Å². The largest absolute Gasteiger partial charge is 0.478 e. The van der Waals surface area contributed by atoms with Crippen LogP contribution in [0.5, 0.6) is 0 Å². The number of hydrogen-bond acceptors (Lipinski definition) is 4. The van der Waals surface area contributed by atoms with Crippen LogP contribution in [-0.4, -0.2) is 44.6 Å². The lowest BCUT2D eigenvalue weighted by atomic mass is 9.78. The third kappa shape index (κ3) is 9.53. The molecule has 1 atom stereocenters. The SMILES string of the molecule is CC(C)(C)C(C)(O)CO.O=C(O)c1ccccc1.O=C(O)c1ccccc1. The van der Waals surface area contributed by atoms with Crippen LogP contribution in [0.15, 0.2) is 60.7 Å². The molecule has 6 heteroatoms. The van der Waals surface area contributed by atoms with Gasteiger partial charge in [-0.2, -0.15) is 0 Å². The number of hydrogen-bond donors (Lipinski definition) is 4. The number of rotatable bonds is 3. The number of aromatic carboxylic acids is 2. The van der Waals surface area contributed by atoms with Crippen LogP contribution >= 0.6 is 0 Å². The van der Waals surface area contributed by atoms with E-state index < -0.39 is 17.5 Å². The predicted molar refractivity (Wildman–Crippen MR) is 104 cm³/mol. The molecule has 0 heterocycles. The summed E-state index contributed by atoms with van der Waals surface area (Å²) in [5.41, 5.74) is -0.552. The maximum atomic E-state index is 10.2.